The summed E-state index contributed by atoms with van der Waals surface area (Å²) in [6.45, 7) is 6.59. The number of benzene rings is 2. The van der Waals surface area contributed by atoms with Crippen LogP contribution in [0.2, 0.25) is 0 Å². The normalized spacial score (nSPS) is 10.3. The van der Waals surface area contributed by atoms with Crippen LogP contribution in [0.1, 0.15) is 24.5 Å². The fourth-order valence-electron chi connectivity index (χ4n) is 2.91. The van der Waals surface area contributed by atoms with Gasteiger partial charge in [0.05, 0.1) is 13.7 Å². The van der Waals surface area contributed by atoms with Gasteiger partial charge in [-0.25, -0.2) is 0 Å². The minimum atomic E-state index is -0.117. The maximum Gasteiger partial charge on any atom is 0.223 e. The molecule has 0 bridgehead atoms. The summed E-state index contributed by atoms with van der Waals surface area (Å²) in [5.41, 5.74) is 2.99. The standard InChI is InChI=1S/C22H28N2O4/c1-16-13-17(2)15-19(14-16)24(18(3)25)11-9-22(26)23-10-12-28-21-7-5-20(27-4)6-8-21/h5-8,13-15H,9-12H2,1-4H3,(H,23,26). The van der Waals surface area contributed by atoms with Crippen LogP contribution in [0.25, 0.3) is 0 Å². The van der Waals surface area contributed by atoms with E-state index in [1.165, 1.54) is 6.92 Å². The molecule has 0 aliphatic heterocycles. The van der Waals surface area contributed by atoms with Crippen molar-refractivity contribution >= 4 is 17.5 Å². The number of nitrogens with zero attached hydrogens (tertiary/aromatic N) is 1. The van der Waals surface area contributed by atoms with Crippen LogP contribution in [0, 0.1) is 13.8 Å². The lowest BCUT2D eigenvalue weighted by atomic mass is 10.1. The Kier molecular flexibility index (Phi) is 7.87. The van der Waals surface area contributed by atoms with E-state index < -0.39 is 0 Å². The van der Waals surface area contributed by atoms with Crippen molar-refractivity contribution in [2.45, 2.75) is 27.2 Å². The molecular formula is C22H28N2O4. The molecule has 6 nitrogen and oxygen atoms in total. The number of nitrogens with one attached hydrogen (secondary N) is 1. The summed E-state index contributed by atoms with van der Waals surface area (Å²) in [5.74, 6) is 1.28. The van der Waals surface area contributed by atoms with E-state index in [0.29, 0.717) is 25.4 Å². The number of methoxy groups -OCH3 is 1. The highest BCUT2D eigenvalue weighted by Gasteiger charge is 2.14. The van der Waals surface area contributed by atoms with E-state index in [1.54, 1.807) is 12.0 Å². The smallest absolute Gasteiger partial charge is 0.223 e. The Labute approximate surface area is 166 Å². The van der Waals surface area contributed by atoms with Gasteiger partial charge >= 0.3 is 0 Å². The number of carbonyl (C=O) groups excluding carboxylic acids is 2. The van der Waals surface area contributed by atoms with Gasteiger partial charge in [-0.1, -0.05) is 6.07 Å². The van der Waals surface area contributed by atoms with Crippen molar-refractivity contribution in [3.05, 3.63) is 53.6 Å². The molecule has 0 aromatic heterocycles. The third-order valence-electron chi connectivity index (χ3n) is 4.21. The maximum atomic E-state index is 12.1. The van der Waals surface area contributed by atoms with Crippen molar-refractivity contribution in [2.24, 2.45) is 0 Å². The minimum Gasteiger partial charge on any atom is -0.497 e. The van der Waals surface area contributed by atoms with E-state index in [4.69, 9.17) is 9.47 Å². The zero-order valence-electron chi connectivity index (χ0n) is 17.0. The van der Waals surface area contributed by atoms with Crippen LogP contribution >= 0.6 is 0 Å². The molecule has 2 rings (SSSR count). The van der Waals surface area contributed by atoms with Crippen molar-refractivity contribution in [2.75, 3.05) is 31.7 Å². The first-order valence-corrected chi connectivity index (χ1v) is 9.29. The number of rotatable bonds is 9. The summed E-state index contributed by atoms with van der Waals surface area (Å²) >= 11 is 0. The van der Waals surface area contributed by atoms with E-state index >= 15 is 0 Å². The van der Waals surface area contributed by atoms with Crippen LogP contribution < -0.4 is 19.7 Å². The molecule has 0 aliphatic rings. The van der Waals surface area contributed by atoms with Crippen LogP contribution in [0.15, 0.2) is 42.5 Å². The number of carbonyl (C=O) groups is 2. The Balaban J connectivity index is 1.77. The van der Waals surface area contributed by atoms with Gasteiger partial charge in [-0.05, 0) is 61.4 Å². The van der Waals surface area contributed by atoms with Crippen LogP contribution in [0.5, 0.6) is 11.5 Å². The molecule has 150 valence electrons. The predicted molar refractivity (Wildman–Crippen MR) is 110 cm³/mol. The van der Waals surface area contributed by atoms with Gasteiger partial charge in [0.2, 0.25) is 11.8 Å². The summed E-state index contributed by atoms with van der Waals surface area (Å²) in [6, 6.07) is 13.2. The van der Waals surface area contributed by atoms with Crippen molar-refractivity contribution < 1.29 is 19.1 Å². The molecule has 0 fully saturated rings. The molecule has 28 heavy (non-hydrogen) atoms. The molecule has 6 heteroatoms. The second kappa shape index (κ2) is 10.3. The Morgan fingerprint density at radius 2 is 1.61 bits per heavy atom. The van der Waals surface area contributed by atoms with Gasteiger partial charge in [0, 0.05) is 25.6 Å². The zero-order valence-corrected chi connectivity index (χ0v) is 17.0. The fourth-order valence-corrected chi connectivity index (χ4v) is 2.91. The van der Waals surface area contributed by atoms with Crippen molar-refractivity contribution in [1.82, 2.24) is 5.32 Å². The second-order valence-corrected chi connectivity index (χ2v) is 6.64. The summed E-state index contributed by atoms with van der Waals surface area (Å²) in [6.07, 6.45) is 0.231. The van der Waals surface area contributed by atoms with E-state index in [-0.39, 0.29) is 18.2 Å². The van der Waals surface area contributed by atoms with Crippen molar-refractivity contribution in [3.63, 3.8) is 0 Å². The molecule has 0 saturated carbocycles. The van der Waals surface area contributed by atoms with Crippen LogP contribution in [0.3, 0.4) is 0 Å². The third-order valence-corrected chi connectivity index (χ3v) is 4.21. The molecular weight excluding hydrogens is 356 g/mol. The van der Waals surface area contributed by atoms with Crippen LogP contribution in [-0.2, 0) is 9.59 Å². The summed E-state index contributed by atoms with van der Waals surface area (Å²) < 4.78 is 10.7. The first-order chi connectivity index (χ1) is 13.4. The average molecular weight is 384 g/mol. The number of hydrogen-bond donors (Lipinski definition) is 1. The third kappa shape index (κ3) is 6.61. The number of aryl methyl sites for hydroxylation is 2. The zero-order chi connectivity index (χ0) is 20.5. The Morgan fingerprint density at radius 3 is 2.18 bits per heavy atom. The molecule has 2 aromatic carbocycles. The highest BCUT2D eigenvalue weighted by atomic mass is 16.5. The number of ether oxygens (including phenoxy) is 2. The molecule has 0 aliphatic carbocycles. The van der Waals surface area contributed by atoms with E-state index in [0.717, 1.165) is 22.6 Å². The Hall–Kier alpha value is -3.02. The lowest BCUT2D eigenvalue weighted by Gasteiger charge is -2.22. The largest absolute Gasteiger partial charge is 0.497 e. The van der Waals surface area contributed by atoms with Gasteiger partial charge < -0.3 is 19.7 Å². The molecule has 0 atom stereocenters. The summed E-state index contributed by atoms with van der Waals surface area (Å²) in [5, 5.41) is 2.82. The molecule has 0 radical (unpaired) electrons. The molecule has 0 saturated heterocycles. The van der Waals surface area contributed by atoms with Gasteiger partial charge in [0.1, 0.15) is 18.1 Å². The Bertz CT molecular complexity index is 782. The minimum absolute atomic E-state index is 0.0827. The van der Waals surface area contributed by atoms with Crippen LogP contribution in [0.4, 0.5) is 5.69 Å². The van der Waals surface area contributed by atoms with Gasteiger partial charge in [-0.3, -0.25) is 9.59 Å². The highest BCUT2D eigenvalue weighted by Crippen LogP contribution is 2.19. The van der Waals surface area contributed by atoms with Crippen LogP contribution in [-0.4, -0.2) is 38.6 Å². The highest BCUT2D eigenvalue weighted by molar-refractivity contribution is 5.92. The Morgan fingerprint density at radius 1 is 1.00 bits per heavy atom. The van der Waals surface area contributed by atoms with Gasteiger partial charge in [0.25, 0.3) is 0 Å². The number of hydrogen-bond acceptors (Lipinski definition) is 4. The van der Waals surface area contributed by atoms with Gasteiger partial charge in [0.15, 0.2) is 0 Å². The summed E-state index contributed by atoms with van der Waals surface area (Å²) in [4.78, 5) is 25.7. The van der Waals surface area contributed by atoms with E-state index in [2.05, 4.69) is 11.4 Å². The average Bonchev–Trinajstić information content (AvgIpc) is 2.65. The quantitative estimate of drug-likeness (QED) is 0.674. The second-order valence-electron chi connectivity index (χ2n) is 6.64. The maximum absolute atomic E-state index is 12.1. The lowest BCUT2D eigenvalue weighted by Crippen LogP contribution is -2.35. The predicted octanol–water partition coefficient (Wildman–Crippen LogP) is 3.25. The number of anilines is 1. The van der Waals surface area contributed by atoms with Crippen molar-refractivity contribution in [1.29, 1.82) is 0 Å². The van der Waals surface area contributed by atoms with Gasteiger partial charge in [-0.2, -0.15) is 0 Å². The fraction of sp³-hybridized carbons (Fsp3) is 0.364. The van der Waals surface area contributed by atoms with Crippen molar-refractivity contribution in [3.8, 4) is 11.5 Å². The van der Waals surface area contributed by atoms with E-state index in [1.807, 2.05) is 50.2 Å². The lowest BCUT2D eigenvalue weighted by molar-refractivity contribution is -0.121. The molecule has 0 heterocycles. The summed E-state index contributed by atoms with van der Waals surface area (Å²) in [7, 11) is 1.61. The van der Waals surface area contributed by atoms with E-state index in [9.17, 15) is 9.59 Å². The molecule has 2 amide bonds. The topological polar surface area (TPSA) is 67.9 Å². The molecule has 0 unspecified atom stereocenters. The van der Waals surface area contributed by atoms with Gasteiger partial charge in [-0.15, -0.1) is 0 Å². The monoisotopic (exact) mass is 384 g/mol. The molecule has 2 aromatic rings. The number of amides is 2. The first kappa shape index (κ1) is 21.3. The first-order valence-electron chi connectivity index (χ1n) is 9.29. The molecule has 0 spiro atoms. The molecule has 1 N–H and O–H groups in total. The SMILES string of the molecule is COc1ccc(OCCNC(=O)CCN(C(C)=O)c2cc(C)cc(C)c2)cc1.